The number of amides is 1. The highest BCUT2D eigenvalue weighted by atomic mass is 32.1. The van der Waals surface area contributed by atoms with E-state index in [2.05, 4.69) is 10.3 Å². The van der Waals surface area contributed by atoms with E-state index in [1.54, 1.807) is 32.9 Å². The summed E-state index contributed by atoms with van der Waals surface area (Å²) in [5.41, 5.74) is 1.40. The van der Waals surface area contributed by atoms with Crippen LogP contribution in [-0.2, 0) is 14.3 Å². The van der Waals surface area contributed by atoms with E-state index in [-0.39, 0.29) is 22.7 Å². The molecule has 8 nitrogen and oxygen atoms in total. The molecule has 0 bridgehead atoms. The topological polar surface area (TPSA) is 115 Å². The van der Waals surface area contributed by atoms with Crippen LogP contribution in [0.1, 0.15) is 45.8 Å². The summed E-state index contributed by atoms with van der Waals surface area (Å²) in [7, 11) is 0. The number of H-pyrrole nitrogens is 1. The molecule has 0 saturated carbocycles. The Labute approximate surface area is 194 Å². The molecule has 0 aliphatic carbocycles. The van der Waals surface area contributed by atoms with Gasteiger partial charge in [-0.05, 0) is 51.0 Å². The van der Waals surface area contributed by atoms with Crippen LogP contribution in [0.2, 0.25) is 0 Å². The van der Waals surface area contributed by atoms with Crippen LogP contribution in [0.15, 0.2) is 47.3 Å². The van der Waals surface area contributed by atoms with E-state index in [0.717, 1.165) is 10.4 Å². The minimum atomic E-state index is -1.21. The minimum Gasteiger partial charge on any atom is -0.462 e. The molecule has 172 valence electrons. The average molecular weight is 469 g/mol. The van der Waals surface area contributed by atoms with Crippen LogP contribution in [0.5, 0.6) is 0 Å². The lowest BCUT2D eigenvalue weighted by Crippen LogP contribution is -2.32. The van der Waals surface area contributed by atoms with Gasteiger partial charge in [0.25, 0.3) is 11.5 Å². The van der Waals surface area contributed by atoms with Crippen LogP contribution >= 0.6 is 11.3 Å². The number of ether oxygens (including phenoxy) is 2. The average Bonchev–Trinajstić information content (AvgIpc) is 3.17. The van der Waals surface area contributed by atoms with Crippen molar-refractivity contribution in [1.82, 2.24) is 4.98 Å². The van der Waals surface area contributed by atoms with Crippen LogP contribution in [0, 0.1) is 13.8 Å². The predicted molar refractivity (Wildman–Crippen MR) is 126 cm³/mol. The highest BCUT2D eigenvalue weighted by molar-refractivity contribution is 7.20. The maximum Gasteiger partial charge on any atom is 0.344 e. The smallest absolute Gasteiger partial charge is 0.344 e. The van der Waals surface area contributed by atoms with Gasteiger partial charge in [-0.1, -0.05) is 30.3 Å². The van der Waals surface area contributed by atoms with Gasteiger partial charge < -0.3 is 19.8 Å². The molecule has 1 amide bonds. The van der Waals surface area contributed by atoms with Crippen molar-refractivity contribution in [3.8, 4) is 10.4 Å². The van der Waals surface area contributed by atoms with Gasteiger partial charge in [0, 0.05) is 10.6 Å². The number of pyridine rings is 1. The summed E-state index contributed by atoms with van der Waals surface area (Å²) in [5, 5.41) is 2.93. The highest BCUT2D eigenvalue weighted by Gasteiger charge is 2.25. The second-order valence-corrected chi connectivity index (χ2v) is 8.37. The zero-order valence-electron chi connectivity index (χ0n) is 18.7. The lowest BCUT2D eigenvalue weighted by molar-refractivity contribution is -0.123. The molecule has 2 aromatic heterocycles. The summed E-state index contributed by atoms with van der Waals surface area (Å²) in [6.45, 7) is 6.58. The third kappa shape index (κ3) is 5.56. The molecule has 2 N–H and O–H groups in total. The molecule has 3 aromatic rings. The van der Waals surface area contributed by atoms with Crippen LogP contribution in [0.25, 0.3) is 10.4 Å². The molecule has 1 atom stereocenters. The summed E-state index contributed by atoms with van der Waals surface area (Å²) in [6.07, 6.45) is -1.21. The van der Waals surface area contributed by atoms with Gasteiger partial charge in [0.15, 0.2) is 6.10 Å². The molecule has 0 spiro atoms. The summed E-state index contributed by atoms with van der Waals surface area (Å²) in [6, 6.07) is 12.7. The Hall–Kier alpha value is -3.72. The van der Waals surface area contributed by atoms with Crippen LogP contribution < -0.4 is 10.9 Å². The monoisotopic (exact) mass is 468 g/mol. The van der Waals surface area contributed by atoms with E-state index in [1.807, 2.05) is 30.3 Å². The number of hydrogen-bond donors (Lipinski definition) is 2. The number of carbonyl (C=O) groups is 3. The molecule has 1 aromatic carbocycles. The number of nitrogens with one attached hydrogen (secondary N) is 2. The third-order valence-electron chi connectivity index (χ3n) is 4.74. The summed E-state index contributed by atoms with van der Waals surface area (Å²) in [4.78, 5) is 53.2. The van der Waals surface area contributed by atoms with Crippen molar-refractivity contribution in [3.63, 3.8) is 0 Å². The molecule has 0 radical (unpaired) electrons. The highest BCUT2D eigenvalue weighted by Crippen LogP contribution is 2.36. The van der Waals surface area contributed by atoms with Crippen LogP contribution in [0.3, 0.4) is 0 Å². The third-order valence-corrected chi connectivity index (χ3v) is 5.84. The number of anilines is 1. The first-order valence-electron chi connectivity index (χ1n) is 10.3. The van der Waals surface area contributed by atoms with E-state index in [1.165, 1.54) is 18.3 Å². The molecule has 33 heavy (non-hydrogen) atoms. The predicted octanol–water partition coefficient (Wildman–Crippen LogP) is 4.08. The van der Waals surface area contributed by atoms with Gasteiger partial charge in [-0.3, -0.25) is 9.59 Å². The summed E-state index contributed by atoms with van der Waals surface area (Å²) >= 11 is 1.21. The Morgan fingerprint density at radius 1 is 1.09 bits per heavy atom. The lowest BCUT2D eigenvalue weighted by atomic mass is 10.1. The van der Waals surface area contributed by atoms with E-state index in [4.69, 9.17) is 9.47 Å². The SMILES string of the molecule is CCOC(=O)c1cc(-c2ccccc2)sc1NC(=O)C(C)OC(=O)c1c(C)cc(C)[nH]c1=O. The first-order chi connectivity index (χ1) is 15.7. The second-order valence-electron chi connectivity index (χ2n) is 7.32. The number of thiophene rings is 1. The zero-order valence-corrected chi connectivity index (χ0v) is 19.5. The first kappa shape index (κ1) is 23.9. The maximum absolute atomic E-state index is 12.8. The molecular weight excluding hydrogens is 444 g/mol. The Morgan fingerprint density at radius 3 is 2.42 bits per heavy atom. The number of esters is 2. The Balaban J connectivity index is 1.81. The van der Waals surface area contributed by atoms with Crippen molar-refractivity contribution in [3.05, 3.63) is 75.2 Å². The van der Waals surface area contributed by atoms with Gasteiger partial charge in [0.2, 0.25) is 0 Å². The summed E-state index contributed by atoms with van der Waals surface area (Å²) in [5.74, 6) is -2.12. The van der Waals surface area contributed by atoms with Gasteiger partial charge in [-0.2, -0.15) is 0 Å². The fourth-order valence-electron chi connectivity index (χ4n) is 3.18. The van der Waals surface area contributed by atoms with E-state index in [0.29, 0.717) is 11.3 Å². The Kier molecular flexibility index (Phi) is 7.44. The second kappa shape index (κ2) is 10.3. The normalized spacial score (nSPS) is 11.5. The van der Waals surface area contributed by atoms with Crippen molar-refractivity contribution in [2.24, 2.45) is 0 Å². The quantitative estimate of drug-likeness (QED) is 0.505. The molecule has 0 saturated heterocycles. The molecule has 9 heteroatoms. The summed E-state index contributed by atoms with van der Waals surface area (Å²) < 4.78 is 10.3. The standard InChI is InChI=1S/C24H24N2O6S/c1-5-31-23(29)17-12-18(16-9-7-6-8-10-16)33-22(17)26-20(27)15(4)32-24(30)19-13(2)11-14(3)25-21(19)28/h6-12,15H,5H2,1-4H3,(H,25,28)(H,26,27). The fraction of sp³-hybridized carbons (Fsp3) is 0.250. The van der Waals surface area contributed by atoms with Crippen molar-refractivity contribution < 1.29 is 23.9 Å². The molecule has 0 aliphatic heterocycles. The largest absolute Gasteiger partial charge is 0.462 e. The fourth-order valence-corrected chi connectivity index (χ4v) is 4.24. The lowest BCUT2D eigenvalue weighted by Gasteiger charge is -2.14. The number of carbonyl (C=O) groups excluding carboxylic acids is 3. The molecule has 3 rings (SSSR count). The van der Waals surface area contributed by atoms with Gasteiger partial charge in [-0.25, -0.2) is 9.59 Å². The number of aryl methyl sites for hydroxylation is 2. The number of rotatable bonds is 7. The number of aromatic nitrogens is 1. The zero-order chi connectivity index (χ0) is 24.1. The van der Waals surface area contributed by atoms with Crippen molar-refractivity contribution in [2.45, 2.75) is 33.8 Å². The van der Waals surface area contributed by atoms with Crippen LogP contribution in [0.4, 0.5) is 5.00 Å². The Morgan fingerprint density at radius 2 is 1.79 bits per heavy atom. The van der Waals surface area contributed by atoms with Gasteiger partial charge in [0.05, 0.1) is 12.2 Å². The Bertz CT molecular complexity index is 1250. The molecule has 1 unspecified atom stereocenters. The van der Waals surface area contributed by atoms with Gasteiger partial charge >= 0.3 is 11.9 Å². The van der Waals surface area contributed by atoms with E-state index >= 15 is 0 Å². The van der Waals surface area contributed by atoms with Crippen molar-refractivity contribution in [2.75, 3.05) is 11.9 Å². The minimum absolute atomic E-state index is 0.157. The number of hydrogen-bond acceptors (Lipinski definition) is 7. The molecule has 0 aliphatic rings. The van der Waals surface area contributed by atoms with Gasteiger partial charge in [0.1, 0.15) is 10.6 Å². The van der Waals surface area contributed by atoms with E-state index < -0.39 is 29.5 Å². The molecule has 0 fully saturated rings. The number of aromatic amines is 1. The van der Waals surface area contributed by atoms with E-state index in [9.17, 15) is 19.2 Å². The van der Waals surface area contributed by atoms with Crippen LogP contribution in [-0.4, -0.2) is 35.5 Å². The molecule has 2 heterocycles. The van der Waals surface area contributed by atoms with Gasteiger partial charge in [-0.15, -0.1) is 11.3 Å². The maximum atomic E-state index is 12.8. The molecular formula is C24H24N2O6S. The first-order valence-corrected chi connectivity index (χ1v) is 11.1. The number of benzene rings is 1. The van der Waals surface area contributed by atoms with Crippen molar-refractivity contribution in [1.29, 1.82) is 0 Å². The van der Waals surface area contributed by atoms with Crippen molar-refractivity contribution >= 4 is 34.2 Å².